The number of amides is 1. The fourth-order valence-corrected chi connectivity index (χ4v) is 5.97. The molecule has 1 heterocycles. The van der Waals surface area contributed by atoms with Crippen LogP contribution in [0.25, 0.3) is 0 Å². The van der Waals surface area contributed by atoms with Crippen molar-refractivity contribution in [3.05, 3.63) is 23.8 Å². The number of likely N-dealkylation sites (tertiary alicyclic amines) is 1. The summed E-state index contributed by atoms with van der Waals surface area (Å²) in [6.07, 6.45) is 7.81. The molecular formula is C20H28N2O4S. The number of benzene rings is 1. The van der Waals surface area contributed by atoms with Crippen LogP contribution in [0.4, 0.5) is 0 Å². The topological polar surface area (TPSA) is 75.7 Å². The first kappa shape index (κ1) is 18.7. The van der Waals surface area contributed by atoms with Crippen molar-refractivity contribution in [3.8, 4) is 5.75 Å². The van der Waals surface area contributed by atoms with Crippen LogP contribution in [0.15, 0.2) is 23.1 Å². The van der Waals surface area contributed by atoms with Gasteiger partial charge in [0.1, 0.15) is 10.6 Å². The van der Waals surface area contributed by atoms with Crippen molar-refractivity contribution in [3.63, 3.8) is 0 Å². The van der Waals surface area contributed by atoms with Crippen molar-refractivity contribution in [1.29, 1.82) is 0 Å². The van der Waals surface area contributed by atoms with E-state index in [1.807, 2.05) is 4.90 Å². The third kappa shape index (κ3) is 3.99. The maximum atomic E-state index is 13.1. The molecule has 1 aromatic rings. The lowest BCUT2D eigenvalue weighted by Crippen LogP contribution is -2.44. The molecule has 1 aliphatic heterocycles. The number of carbonyl (C=O) groups excluding carboxylic acids is 1. The minimum atomic E-state index is -3.69. The fourth-order valence-electron chi connectivity index (χ4n) is 4.47. The summed E-state index contributed by atoms with van der Waals surface area (Å²) in [5.74, 6) is 1.53. The van der Waals surface area contributed by atoms with Crippen LogP contribution in [0.3, 0.4) is 0 Å². The van der Waals surface area contributed by atoms with Crippen LogP contribution < -0.4 is 9.46 Å². The van der Waals surface area contributed by atoms with Crippen LogP contribution in [0.1, 0.15) is 55.3 Å². The van der Waals surface area contributed by atoms with Gasteiger partial charge in [-0.05, 0) is 55.7 Å². The van der Waals surface area contributed by atoms with Gasteiger partial charge in [0.05, 0.1) is 7.11 Å². The average molecular weight is 393 g/mol. The molecular weight excluding hydrogens is 364 g/mol. The van der Waals surface area contributed by atoms with Gasteiger partial charge in [-0.15, -0.1) is 0 Å². The van der Waals surface area contributed by atoms with Crippen LogP contribution in [0.5, 0.6) is 5.75 Å². The fraction of sp³-hybridized carbons (Fsp3) is 0.650. The maximum Gasteiger partial charge on any atom is 0.253 e. The highest BCUT2D eigenvalue weighted by atomic mass is 32.2. The Balaban J connectivity index is 1.56. The highest BCUT2D eigenvalue weighted by molar-refractivity contribution is 7.89. The number of rotatable bonds is 5. The number of nitrogens with one attached hydrogen (secondary N) is 1. The van der Waals surface area contributed by atoms with Gasteiger partial charge in [-0.2, -0.15) is 0 Å². The zero-order valence-corrected chi connectivity index (χ0v) is 16.6. The van der Waals surface area contributed by atoms with E-state index in [-0.39, 0.29) is 22.6 Å². The Morgan fingerprint density at radius 2 is 1.85 bits per heavy atom. The van der Waals surface area contributed by atoms with Crippen LogP contribution in [0.2, 0.25) is 0 Å². The molecule has 2 aliphatic carbocycles. The predicted octanol–water partition coefficient (Wildman–Crippen LogP) is 2.79. The van der Waals surface area contributed by atoms with Gasteiger partial charge in [0.15, 0.2) is 0 Å². The molecule has 3 fully saturated rings. The number of ether oxygens (including phenoxy) is 1. The van der Waals surface area contributed by atoms with Crippen LogP contribution in [0, 0.1) is 11.8 Å². The van der Waals surface area contributed by atoms with Crippen molar-refractivity contribution in [2.45, 2.75) is 55.9 Å². The standard InChI is InChI=1S/C20H28N2O4S/c1-26-18-9-6-15(12-19(18)27(24,25)21-17-7-8-17)20(23)22-11-10-14-4-2-3-5-16(14)13-22/h6,9,12,14,16-17,21H,2-5,7-8,10-11,13H2,1H3/t14-,16-/m1/s1. The van der Waals surface area contributed by atoms with Gasteiger partial charge in [0.2, 0.25) is 10.0 Å². The summed E-state index contributed by atoms with van der Waals surface area (Å²) in [7, 11) is -2.25. The Bertz CT molecular complexity index is 819. The second kappa shape index (κ2) is 7.43. The molecule has 0 radical (unpaired) electrons. The minimum Gasteiger partial charge on any atom is -0.495 e. The van der Waals surface area contributed by atoms with Crippen LogP contribution >= 0.6 is 0 Å². The van der Waals surface area contributed by atoms with Gasteiger partial charge in [-0.1, -0.05) is 19.3 Å². The Hall–Kier alpha value is -1.60. The summed E-state index contributed by atoms with van der Waals surface area (Å²) in [6, 6.07) is 4.73. The maximum absolute atomic E-state index is 13.1. The van der Waals surface area contributed by atoms with Crippen molar-refractivity contribution in [1.82, 2.24) is 9.62 Å². The van der Waals surface area contributed by atoms with Gasteiger partial charge in [0, 0.05) is 24.7 Å². The first-order valence-corrected chi connectivity index (χ1v) is 11.5. The molecule has 6 nitrogen and oxygen atoms in total. The first-order valence-electron chi connectivity index (χ1n) is 9.97. The number of carbonyl (C=O) groups is 1. The molecule has 4 rings (SSSR count). The smallest absolute Gasteiger partial charge is 0.253 e. The lowest BCUT2D eigenvalue weighted by molar-refractivity contribution is 0.0520. The molecule has 2 atom stereocenters. The number of nitrogens with zero attached hydrogens (tertiary/aromatic N) is 1. The number of hydrogen-bond acceptors (Lipinski definition) is 4. The number of fused-ring (bicyclic) bond motifs is 1. The van der Waals surface area contributed by atoms with Gasteiger partial charge >= 0.3 is 0 Å². The second-order valence-electron chi connectivity index (χ2n) is 8.11. The van der Waals surface area contributed by atoms with Crippen molar-refractivity contribution in [2.24, 2.45) is 11.8 Å². The molecule has 1 N–H and O–H groups in total. The monoisotopic (exact) mass is 392 g/mol. The third-order valence-corrected chi connectivity index (χ3v) is 7.72. The lowest BCUT2D eigenvalue weighted by Gasteiger charge is -2.41. The Labute approximate surface area is 161 Å². The average Bonchev–Trinajstić information content (AvgIpc) is 3.49. The number of methoxy groups -OCH3 is 1. The molecule has 0 spiro atoms. The van der Waals surface area contributed by atoms with E-state index in [4.69, 9.17) is 4.74 Å². The van der Waals surface area contributed by atoms with Gasteiger partial charge in [0.25, 0.3) is 5.91 Å². The first-order chi connectivity index (χ1) is 13.0. The van der Waals surface area contributed by atoms with Crippen molar-refractivity contribution in [2.75, 3.05) is 20.2 Å². The minimum absolute atomic E-state index is 0.00407. The number of hydrogen-bond donors (Lipinski definition) is 1. The van der Waals surface area contributed by atoms with E-state index in [0.717, 1.165) is 38.3 Å². The van der Waals surface area contributed by atoms with E-state index in [9.17, 15) is 13.2 Å². The summed E-state index contributed by atoms with van der Waals surface area (Å²) in [5, 5.41) is 0. The zero-order valence-electron chi connectivity index (χ0n) is 15.8. The van der Waals surface area contributed by atoms with E-state index in [1.54, 1.807) is 12.1 Å². The van der Waals surface area contributed by atoms with Gasteiger partial charge in [-0.25, -0.2) is 13.1 Å². The highest BCUT2D eigenvalue weighted by Gasteiger charge is 2.34. The highest BCUT2D eigenvalue weighted by Crippen LogP contribution is 2.37. The lowest BCUT2D eigenvalue weighted by atomic mass is 9.75. The largest absolute Gasteiger partial charge is 0.495 e. The van der Waals surface area contributed by atoms with E-state index >= 15 is 0 Å². The van der Waals surface area contributed by atoms with Crippen LogP contribution in [-0.4, -0.2) is 45.5 Å². The molecule has 27 heavy (non-hydrogen) atoms. The van der Waals surface area contributed by atoms with Crippen molar-refractivity contribution < 1.29 is 17.9 Å². The summed E-state index contributed by atoms with van der Waals surface area (Å²) >= 11 is 0. The Morgan fingerprint density at radius 3 is 2.56 bits per heavy atom. The third-order valence-electron chi connectivity index (χ3n) is 6.18. The molecule has 148 valence electrons. The Kier molecular flexibility index (Phi) is 5.16. The molecule has 3 aliphatic rings. The predicted molar refractivity (Wildman–Crippen MR) is 102 cm³/mol. The molecule has 0 aromatic heterocycles. The van der Waals surface area contributed by atoms with Crippen molar-refractivity contribution >= 4 is 15.9 Å². The normalized spacial score (nSPS) is 25.7. The van der Waals surface area contributed by atoms with Gasteiger partial charge in [-0.3, -0.25) is 4.79 Å². The molecule has 1 amide bonds. The van der Waals surface area contributed by atoms with Gasteiger partial charge < -0.3 is 9.64 Å². The molecule has 0 unspecified atom stereocenters. The molecule has 1 aromatic carbocycles. The molecule has 2 saturated carbocycles. The summed E-state index contributed by atoms with van der Waals surface area (Å²) in [5.41, 5.74) is 0.418. The summed E-state index contributed by atoms with van der Waals surface area (Å²) in [4.78, 5) is 15.0. The van der Waals surface area contributed by atoms with E-state index in [1.165, 1.54) is 38.9 Å². The summed E-state index contributed by atoms with van der Waals surface area (Å²) < 4.78 is 33.3. The van der Waals surface area contributed by atoms with E-state index in [2.05, 4.69) is 4.72 Å². The molecule has 1 saturated heterocycles. The number of piperidine rings is 1. The molecule has 0 bridgehead atoms. The quantitative estimate of drug-likeness (QED) is 0.836. The molecule has 7 heteroatoms. The summed E-state index contributed by atoms with van der Waals surface area (Å²) in [6.45, 7) is 1.55. The van der Waals surface area contributed by atoms with E-state index < -0.39 is 10.0 Å². The SMILES string of the molecule is COc1ccc(C(=O)N2CC[C@H]3CCCC[C@@H]3C2)cc1S(=O)(=O)NC1CC1. The number of sulfonamides is 1. The second-order valence-corrected chi connectivity index (χ2v) is 9.79. The zero-order chi connectivity index (χ0) is 19.0. The van der Waals surface area contributed by atoms with Crippen LogP contribution in [-0.2, 0) is 10.0 Å². The Morgan fingerprint density at radius 1 is 1.11 bits per heavy atom. The van der Waals surface area contributed by atoms with E-state index in [0.29, 0.717) is 11.5 Å².